The van der Waals surface area contributed by atoms with Crippen molar-refractivity contribution in [2.45, 2.75) is 43.4 Å². The van der Waals surface area contributed by atoms with E-state index in [9.17, 15) is 13.2 Å². The van der Waals surface area contributed by atoms with Crippen molar-refractivity contribution in [1.82, 2.24) is 9.29 Å². The summed E-state index contributed by atoms with van der Waals surface area (Å²) < 4.78 is 26.8. The van der Waals surface area contributed by atoms with Gasteiger partial charge in [-0.3, -0.25) is 10.1 Å². The standard InChI is InChI=1S/C24H25N3O3S2/c28-23(18-9-11-21(12-10-18)32(29,30)27-13-3-4-14-27)26-24-25-22(16-31-24)20-8-7-17-5-1-2-6-19(17)15-20/h7-12,15-16H,1-6,13-14H2,(H,25,26,28). The molecule has 0 bridgehead atoms. The van der Waals surface area contributed by atoms with E-state index in [-0.39, 0.29) is 10.8 Å². The zero-order valence-corrected chi connectivity index (χ0v) is 19.3. The van der Waals surface area contributed by atoms with E-state index in [4.69, 9.17) is 0 Å². The molecule has 0 radical (unpaired) electrons. The second-order valence-corrected chi connectivity index (χ2v) is 11.1. The first-order chi connectivity index (χ1) is 15.5. The molecule has 2 heterocycles. The molecule has 0 spiro atoms. The van der Waals surface area contributed by atoms with Gasteiger partial charge in [0.25, 0.3) is 5.91 Å². The summed E-state index contributed by atoms with van der Waals surface area (Å²) in [6, 6.07) is 12.6. The van der Waals surface area contributed by atoms with Crippen LogP contribution in [-0.4, -0.2) is 36.7 Å². The number of nitrogens with one attached hydrogen (secondary N) is 1. The van der Waals surface area contributed by atoms with Gasteiger partial charge in [-0.2, -0.15) is 4.31 Å². The minimum absolute atomic E-state index is 0.222. The Morgan fingerprint density at radius 2 is 1.66 bits per heavy atom. The van der Waals surface area contributed by atoms with E-state index in [1.54, 1.807) is 12.1 Å². The molecule has 2 aliphatic rings. The van der Waals surface area contributed by atoms with E-state index < -0.39 is 10.0 Å². The molecule has 6 nitrogen and oxygen atoms in total. The zero-order chi connectivity index (χ0) is 22.1. The zero-order valence-electron chi connectivity index (χ0n) is 17.7. The molecule has 32 heavy (non-hydrogen) atoms. The van der Waals surface area contributed by atoms with Crippen LogP contribution < -0.4 is 5.32 Å². The number of nitrogens with zero attached hydrogens (tertiary/aromatic N) is 2. The minimum atomic E-state index is -3.48. The van der Waals surface area contributed by atoms with Crippen LogP contribution in [0.4, 0.5) is 5.13 Å². The van der Waals surface area contributed by atoms with E-state index in [0.29, 0.717) is 23.8 Å². The summed E-state index contributed by atoms with van der Waals surface area (Å²) in [6.07, 6.45) is 6.52. The van der Waals surface area contributed by atoms with E-state index in [2.05, 4.69) is 28.5 Å². The summed E-state index contributed by atoms with van der Waals surface area (Å²) in [4.78, 5) is 17.5. The Kier molecular flexibility index (Phi) is 5.84. The van der Waals surface area contributed by atoms with Gasteiger partial charge in [-0.25, -0.2) is 13.4 Å². The van der Waals surface area contributed by atoms with Crippen molar-refractivity contribution < 1.29 is 13.2 Å². The Bertz CT molecular complexity index is 1240. The average Bonchev–Trinajstić information content (AvgIpc) is 3.52. The van der Waals surface area contributed by atoms with Crippen LogP contribution in [0.1, 0.15) is 47.2 Å². The number of sulfonamides is 1. The van der Waals surface area contributed by atoms with Crippen LogP contribution in [0.25, 0.3) is 11.3 Å². The molecule has 0 unspecified atom stereocenters. The lowest BCUT2D eigenvalue weighted by Crippen LogP contribution is -2.27. The molecule has 1 N–H and O–H groups in total. The normalized spacial score (nSPS) is 16.6. The molecule has 0 atom stereocenters. The fourth-order valence-electron chi connectivity index (χ4n) is 4.38. The van der Waals surface area contributed by atoms with Gasteiger partial charge < -0.3 is 0 Å². The fourth-order valence-corrected chi connectivity index (χ4v) is 6.61. The number of carbonyl (C=O) groups excluding carboxylic acids is 1. The van der Waals surface area contributed by atoms with Crippen molar-refractivity contribution in [1.29, 1.82) is 0 Å². The minimum Gasteiger partial charge on any atom is -0.298 e. The molecule has 1 aromatic heterocycles. The van der Waals surface area contributed by atoms with Crippen LogP contribution >= 0.6 is 11.3 Å². The maximum absolute atomic E-state index is 12.7. The van der Waals surface area contributed by atoms with Gasteiger partial charge in [-0.15, -0.1) is 11.3 Å². The Morgan fingerprint density at radius 3 is 2.41 bits per heavy atom. The molecule has 8 heteroatoms. The smallest absolute Gasteiger partial charge is 0.257 e. The van der Waals surface area contributed by atoms with E-state index in [1.807, 2.05) is 5.38 Å². The van der Waals surface area contributed by atoms with Gasteiger partial charge in [0, 0.05) is 29.6 Å². The lowest BCUT2D eigenvalue weighted by Gasteiger charge is -2.16. The summed E-state index contributed by atoms with van der Waals surface area (Å²) in [6.45, 7) is 1.11. The summed E-state index contributed by atoms with van der Waals surface area (Å²) >= 11 is 1.38. The molecular formula is C24H25N3O3S2. The van der Waals surface area contributed by atoms with E-state index in [1.165, 1.54) is 51.7 Å². The third-order valence-corrected chi connectivity index (χ3v) is 8.86. The third-order valence-electron chi connectivity index (χ3n) is 6.19. The molecule has 5 rings (SSSR count). The second-order valence-electron chi connectivity index (χ2n) is 8.32. The van der Waals surface area contributed by atoms with E-state index >= 15 is 0 Å². The van der Waals surface area contributed by atoms with Crippen LogP contribution in [0.2, 0.25) is 0 Å². The number of hydrogen-bond donors (Lipinski definition) is 1. The number of aromatic nitrogens is 1. The first kappa shape index (κ1) is 21.3. The predicted octanol–water partition coefficient (Wildman–Crippen LogP) is 4.73. The maximum atomic E-state index is 12.7. The van der Waals surface area contributed by atoms with Gasteiger partial charge in [0.15, 0.2) is 5.13 Å². The van der Waals surface area contributed by atoms with Gasteiger partial charge >= 0.3 is 0 Å². The molecule has 1 fully saturated rings. The highest BCUT2D eigenvalue weighted by Gasteiger charge is 2.27. The molecule has 2 aromatic carbocycles. The van der Waals surface area contributed by atoms with Crippen LogP contribution in [-0.2, 0) is 22.9 Å². The largest absolute Gasteiger partial charge is 0.298 e. The highest BCUT2D eigenvalue weighted by molar-refractivity contribution is 7.89. The number of thiazole rings is 1. The summed E-state index contributed by atoms with van der Waals surface area (Å²) in [5.74, 6) is -0.304. The number of rotatable bonds is 5. The molecular weight excluding hydrogens is 442 g/mol. The van der Waals surface area contributed by atoms with Gasteiger partial charge in [0.05, 0.1) is 10.6 Å². The number of fused-ring (bicyclic) bond motifs is 1. The summed E-state index contributed by atoms with van der Waals surface area (Å²) in [5.41, 5.74) is 5.15. The van der Waals surface area contributed by atoms with Crippen LogP contribution in [0.15, 0.2) is 52.7 Å². The van der Waals surface area contributed by atoms with Gasteiger partial charge in [-0.1, -0.05) is 12.1 Å². The molecule has 1 aliphatic heterocycles. The van der Waals surface area contributed by atoms with Crippen molar-refractivity contribution in [2.75, 3.05) is 18.4 Å². The Labute approximate surface area is 192 Å². The molecule has 1 aliphatic carbocycles. The summed E-state index contributed by atoms with van der Waals surface area (Å²) in [7, 11) is -3.48. The lowest BCUT2D eigenvalue weighted by atomic mass is 9.90. The highest BCUT2D eigenvalue weighted by atomic mass is 32.2. The Morgan fingerprint density at radius 1 is 0.938 bits per heavy atom. The second kappa shape index (κ2) is 8.77. The van der Waals surface area contributed by atoms with Crippen molar-refractivity contribution >= 4 is 32.4 Å². The van der Waals surface area contributed by atoms with Crippen molar-refractivity contribution in [3.8, 4) is 11.3 Å². The quantitative estimate of drug-likeness (QED) is 0.589. The molecule has 166 valence electrons. The van der Waals surface area contributed by atoms with Crippen LogP contribution in [0, 0.1) is 0 Å². The van der Waals surface area contributed by atoms with Gasteiger partial charge in [0.2, 0.25) is 10.0 Å². The fraction of sp³-hybridized carbons (Fsp3) is 0.333. The average molecular weight is 468 g/mol. The number of benzene rings is 2. The van der Waals surface area contributed by atoms with E-state index in [0.717, 1.165) is 36.9 Å². The summed E-state index contributed by atoms with van der Waals surface area (Å²) in [5, 5.41) is 5.31. The lowest BCUT2D eigenvalue weighted by molar-refractivity contribution is 0.102. The SMILES string of the molecule is O=C(Nc1nc(-c2ccc3c(c2)CCCC3)cs1)c1ccc(S(=O)(=O)N2CCCC2)cc1. The monoisotopic (exact) mass is 467 g/mol. The van der Waals surface area contributed by atoms with Crippen LogP contribution in [0.3, 0.4) is 0 Å². The van der Waals surface area contributed by atoms with Crippen LogP contribution in [0.5, 0.6) is 0 Å². The molecule has 1 saturated heterocycles. The first-order valence-electron chi connectivity index (χ1n) is 11.0. The maximum Gasteiger partial charge on any atom is 0.257 e. The Hall–Kier alpha value is -2.55. The van der Waals surface area contributed by atoms with Gasteiger partial charge in [-0.05, 0) is 80.0 Å². The number of carbonyl (C=O) groups is 1. The third kappa shape index (κ3) is 4.22. The topological polar surface area (TPSA) is 79.4 Å². The highest BCUT2D eigenvalue weighted by Crippen LogP contribution is 2.30. The number of aryl methyl sites for hydroxylation is 2. The number of hydrogen-bond acceptors (Lipinski definition) is 5. The van der Waals surface area contributed by atoms with Crippen molar-refractivity contribution in [3.63, 3.8) is 0 Å². The predicted molar refractivity (Wildman–Crippen MR) is 127 cm³/mol. The number of anilines is 1. The molecule has 0 saturated carbocycles. The van der Waals surface area contributed by atoms with Gasteiger partial charge in [0.1, 0.15) is 0 Å². The Balaban J connectivity index is 1.28. The molecule has 3 aromatic rings. The van der Waals surface area contributed by atoms with Crippen molar-refractivity contribution in [3.05, 3.63) is 64.5 Å². The number of amides is 1. The first-order valence-corrected chi connectivity index (χ1v) is 13.3. The van der Waals surface area contributed by atoms with Crippen molar-refractivity contribution in [2.24, 2.45) is 0 Å². The molecule has 1 amide bonds.